The van der Waals surface area contributed by atoms with Gasteiger partial charge in [0.15, 0.2) is 7.29 Å². The summed E-state index contributed by atoms with van der Waals surface area (Å²) in [5.41, 5.74) is 15.4. The third-order valence-corrected chi connectivity index (χ3v) is 8.87. The van der Waals surface area contributed by atoms with Crippen molar-refractivity contribution in [3.05, 3.63) is 174 Å². The number of nitrogens with one attached hydrogen (secondary N) is 1. The Morgan fingerprint density at radius 1 is 0.481 bits per heavy atom. The van der Waals surface area contributed by atoms with E-state index >= 15 is 0 Å². The highest BCUT2D eigenvalue weighted by atomic mass is 35.9. The highest BCUT2D eigenvalue weighted by Gasteiger charge is 2.25. The fraction of sp³-hybridized carbons (Fsp3) is 0. The molecule has 2 aliphatic rings. The van der Waals surface area contributed by atoms with Crippen LogP contribution in [0.15, 0.2) is 152 Å². The van der Waals surface area contributed by atoms with Gasteiger partial charge in [-0.15, -0.1) is 0 Å². The van der Waals surface area contributed by atoms with Gasteiger partial charge in [0.05, 0.1) is 33.8 Å². The van der Waals surface area contributed by atoms with Gasteiger partial charge in [-0.1, -0.05) is 109 Å². The van der Waals surface area contributed by atoms with Crippen LogP contribution in [0.25, 0.3) is 85.4 Å². The molecule has 0 unspecified atom stereocenters. The van der Waals surface area contributed by atoms with Gasteiger partial charge >= 0.3 is 0 Å². The molecule has 0 saturated heterocycles. The van der Waals surface area contributed by atoms with Crippen molar-refractivity contribution in [2.45, 2.75) is 0 Å². The van der Waals surface area contributed by atoms with Crippen molar-refractivity contribution in [2.75, 3.05) is 0 Å². The van der Waals surface area contributed by atoms with Crippen LogP contribution in [-0.2, 0) is 0 Å². The molecule has 3 aromatic heterocycles. The van der Waals surface area contributed by atoms with Crippen LogP contribution in [0.4, 0.5) is 0 Å². The van der Waals surface area contributed by atoms with Crippen LogP contribution in [0.2, 0.25) is 0 Å². The minimum atomic E-state index is -0.306. The second kappa shape index (κ2) is 16.0. The number of benzene rings is 4. The minimum absolute atomic E-state index is 0. The van der Waals surface area contributed by atoms with E-state index in [0.29, 0.717) is 0 Å². The molecule has 5 heterocycles. The van der Waals surface area contributed by atoms with Crippen molar-refractivity contribution >= 4 is 76.1 Å². The summed E-state index contributed by atoms with van der Waals surface area (Å²) in [5.74, 6) is 0. The molecular weight excluding hydrogens is 722 g/mol. The number of halogens is 3. The third-order valence-electron chi connectivity index (χ3n) is 8.87. The fourth-order valence-electron chi connectivity index (χ4n) is 6.81. The summed E-state index contributed by atoms with van der Waals surface area (Å²) in [6.07, 6.45) is 8.44. The predicted molar refractivity (Wildman–Crippen MR) is 222 cm³/mol. The smallest absolute Gasteiger partial charge is 0.186 e. The number of hydrogen-bond donors (Lipinski definition) is 1. The van der Waals surface area contributed by atoms with E-state index < -0.39 is 0 Å². The Bertz CT molecular complexity index is 2560. The van der Waals surface area contributed by atoms with E-state index in [-0.39, 0.29) is 19.7 Å². The zero-order chi connectivity index (χ0) is 34.6. The Hall–Kier alpha value is -5.22. The van der Waals surface area contributed by atoms with Crippen molar-refractivity contribution in [1.82, 2.24) is 19.5 Å². The summed E-state index contributed by atoms with van der Waals surface area (Å²) in [6.45, 7) is 0. The van der Waals surface area contributed by atoms with Gasteiger partial charge in [-0.05, 0) is 83.5 Å². The first-order valence-electron chi connectivity index (χ1n) is 16.6. The lowest BCUT2D eigenvalue weighted by atomic mass is 9.93. The Kier molecular flexibility index (Phi) is 10.8. The Balaban J connectivity index is 0.00000102. The van der Waals surface area contributed by atoms with Crippen LogP contribution < -0.4 is 12.4 Å². The highest BCUT2D eigenvalue weighted by Crippen LogP contribution is 2.47. The molecule has 2 aliphatic heterocycles. The molecule has 8 bridgehead atoms. The summed E-state index contributed by atoms with van der Waals surface area (Å²) < 4.78 is 2.41. The average molecular weight is 754 g/mol. The highest BCUT2D eigenvalue weighted by molar-refractivity contribution is 7.90. The second-order valence-electron chi connectivity index (χ2n) is 12.1. The SMILES string of the molecule is C1=Cc2cc3c(-c4ccccc4)c(-c4ccccc4)c(c(-c4ccccc4)c4nc(cc5ccc(cc1n2)[nH]5)C=C4)n3-c1ccccc1.Cl[PH2+]Cl.[Cl-]. The molecule has 4 aromatic carbocycles. The van der Waals surface area contributed by atoms with Gasteiger partial charge in [0.2, 0.25) is 0 Å². The lowest BCUT2D eigenvalue weighted by molar-refractivity contribution is -0.00000960. The van der Waals surface area contributed by atoms with Crippen molar-refractivity contribution < 1.29 is 12.4 Å². The molecular formula is C44H32Cl3N4P. The monoisotopic (exact) mass is 752 g/mol. The van der Waals surface area contributed by atoms with Crippen molar-refractivity contribution in [3.63, 3.8) is 0 Å². The molecule has 0 amide bonds. The first-order chi connectivity index (χ1) is 25.2. The summed E-state index contributed by atoms with van der Waals surface area (Å²) in [6, 6.07) is 53.3. The van der Waals surface area contributed by atoms with E-state index in [0.717, 1.165) is 83.9 Å². The molecule has 0 aliphatic carbocycles. The van der Waals surface area contributed by atoms with E-state index in [1.165, 1.54) is 0 Å². The van der Waals surface area contributed by atoms with E-state index in [9.17, 15) is 0 Å². The molecule has 9 rings (SSSR count). The molecule has 0 spiro atoms. The molecule has 0 atom stereocenters. The van der Waals surface area contributed by atoms with E-state index in [4.69, 9.17) is 32.4 Å². The summed E-state index contributed by atoms with van der Waals surface area (Å²) >= 11 is 9.69. The third kappa shape index (κ3) is 7.12. The van der Waals surface area contributed by atoms with Crippen LogP contribution in [0.5, 0.6) is 0 Å². The number of hydrogen-bond acceptors (Lipinski definition) is 2. The predicted octanol–water partition coefficient (Wildman–Crippen LogP) is 9.83. The fourth-order valence-corrected chi connectivity index (χ4v) is 6.81. The minimum Gasteiger partial charge on any atom is -1.00 e. The maximum atomic E-state index is 5.29. The molecule has 0 fully saturated rings. The van der Waals surface area contributed by atoms with Gasteiger partial charge < -0.3 is 22.0 Å². The summed E-state index contributed by atoms with van der Waals surface area (Å²) in [4.78, 5) is 13.9. The molecule has 8 heteroatoms. The van der Waals surface area contributed by atoms with Crippen molar-refractivity contribution in [3.8, 4) is 39.1 Å². The zero-order valence-corrected chi connectivity index (χ0v) is 31.2. The topological polar surface area (TPSA) is 46.5 Å². The maximum absolute atomic E-state index is 5.29. The Labute approximate surface area is 320 Å². The maximum Gasteiger partial charge on any atom is 0.186 e. The van der Waals surface area contributed by atoms with Gasteiger partial charge in [-0.2, -0.15) is 0 Å². The van der Waals surface area contributed by atoms with Crippen LogP contribution in [0.1, 0.15) is 22.8 Å². The molecule has 4 nitrogen and oxygen atoms in total. The van der Waals surface area contributed by atoms with Crippen LogP contribution in [0, 0.1) is 0 Å². The van der Waals surface area contributed by atoms with E-state index in [2.05, 4.69) is 186 Å². The van der Waals surface area contributed by atoms with Gasteiger partial charge in [-0.25, -0.2) is 9.97 Å². The van der Waals surface area contributed by atoms with Gasteiger partial charge in [0, 0.05) is 33.4 Å². The number of rotatable bonds is 4. The second-order valence-corrected chi connectivity index (χ2v) is 14.2. The number of H-pyrrole nitrogens is 1. The lowest BCUT2D eigenvalue weighted by Crippen LogP contribution is -3.00. The number of nitrogens with zero attached hydrogens (tertiary/aromatic N) is 3. The first-order valence-corrected chi connectivity index (χ1v) is 20.1. The molecule has 7 aromatic rings. The average Bonchev–Trinajstić information content (AvgIpc) is 3.98. The first kappa shape index (κ1) is 35.2. The zero-order valence-electron chi connectivity index (χ0n) is 27.8. The van der Waals surface area contributed by atoms with E-state index in [1.807, 2.05) is 0 Å². The Morgan fingerprint density at radius 3 is 1.48 bits per heavy atom. The molecule has 0 saturated carbocycles. The van der Waals surface area contributed by atoms with Crippen LogP contribution in [-0.4, -0.2) is 19.5 Å². The molecule has 254 valence electrons. The van der Waals surface area contributed by atoms with Crippen molar-refractivity contribution in [2.24, 2.45) is 0 Å². The Morgan fingerprint density at radius 2 is 0.923 bits per heavy atom. The van der Waals surface area contributed by atoms with E-state index in [1.54, 1.807) is 0 Å². The van der Waals surface area contributed by atoms with Crippen molar-refractivity contribution in [1.29, 1.82) is 0 Å². The quantitative estimate of drug-likeness (QED) is 0.182. The molecule has 52 heavy (non-hydrogen) atoms. The number of para-hydroxylation sites is 1. The van der Waals surface area contributed by atoms with Gasteiger partial charge in [-0.3, -0.25) is 0 Å². The normalized spacial score (nSPS) is 11.4. The number of fused-ring (bicyclic) bond motifs is 8. The number of aromatic nitrogens is 4. The van der Waals surface area contributed by atoms with Crippen LogP contribution in [0.3, 0.4) is 0 Å². The summed E-state index contributed by atoms with van der Waals surface area (Å²) in [7, 11) is -0.306. The van der Waals surface area contributed by atoms with Gasteiger partial charge in [0.1, 0.15) is 22.5 Å². The molecule has 1 N–H and O–H groups in total. The number of aromatic amines is 1. The van der Waals surface area contributed by atoms with Crippen LogP contribution >= 0.6 is 29.8 Å². The lowest BCUT2D eigenvalue weighted by Gasteiger charge is -2.13. The largest absolute Gasteiger partial charge is 1.00 e. The summed E-state index contributed by atoms with van der Waals surface area (Å²) in [5, 5.41) is 0. The van der Waals surface area contributed by atoms with Gasteiger partial charge in [0.25, 0.3) is 0 Å². The standard InChI is InChI=1S/C44H30N4.Cl2HP.ClH/c1-5-13-30(14-6-1)41-39-26-25-36(47-39)28-35-22-21-33(45-35)27-34-23-24-37(46-34)29-40-42(31-15-7-2-8-16-31)43(32-17-9-3-10-18-32)44(41)48(40)38-19-11-4-12-20-38;1-3-2;/h1-29,45H;3H;1H. The molecule has 0 radical (unpaired) electrons.